The number of amides is 2. The summed E-state index contributed by atoms with van der Waals surface area (Å²) < 4.78 is 6.75. The van der Waals surface area contributed by atoms with E-state index in [-0.39, 0.29) is 11.8 Å². The minimum atomic E-state index is -0.793. The van der Waals surface area contributed by atoms with Crippen molar-refractivity contribution in [3.8, 4) is 11.5 Å². The summed E-state index contributed by atoms with van der Waals surface area (Å²) in [7, 11) is 0. The maximum atomic E-state index is 13.4. The summed E-state index contributed by atoms with van der Waals surface area (Å²) in [5.74, 6) is 0.509. The lowest BCUT2D eigenvalue weighted by molar-refractivity contribution is -0.118. The number of nitrogens with one attached hydrogen (secondary N) is 2. The molecule has 0 fully saturated rings. The Kier molecular flexibility index (Phi) is 7.73. The molecule has 1 unspecified atom stereocenters. The molecule has 0 heterocycles. The minimum absolute atomic E-state index is 0.328. The van der Waals surface area contributed by atoms with Crippen molar-refractivity contribution in [1.82, 2.24) is 5.32 Å². The number of benzene rings is 4. The van der Waals surface area contributed by atoms with E-state index >= 15 is 0 Å². The zero-order chi connectivity index (χ0) is 23.8. The molecule has 2 N–H and O–H groups in total. The Morgan fingerprint density at radius 2 is 1.47 bits per heavy atom. The van der Waals surface area contributed by atoms with E-state index in [0.717, 1.165) is 10.0 Å². The van der Waals surface area contributed by atoms with Gasteiger partial charge < -0.3 is 15.4 Å². The second-order valence-electron chi connectivity index (χ2n) is 7.63. The van der Waals surface area contributed by atoms with Crippen LogP contribution < -0.4 is 15.4 Å². The van der Waals surface area contributed by atoms with Crippen LogP contribution >= 0.6 is 15.9 Å². The summed E-state index contributed by atoms with van der Waals surface area (Å²) in [4.78, 5) is 26.3. The molecule has 0 saturated carbocycles. The largest absolute Gasteiger partial charge is 0.455 e. The Labute approximate surface area is 206 Å². The van der Waals surface area contributed by atoms with Crippen LogP contribution in [0.3, 0.4) is 0 Å². The Hall–Kier alpha value is -3.90. The van der Waals surface area contributed by atoms with Gasteiger partial charge in [-0.1, -0.05) is 82.7 Å². The van der Waals surface area contributed by atoms with Crippen LogP contribution in [0.4, 0.5) is 5.69 Å². The highest BCUT2D eigenvalue weighted by molar-refractivity contribution is 9.10. The Bertz CT molecular complexity index is 1260. The lowest BCUT2D eigenvalue weighted by Crippen LogP contribution is -2.45. The fraction of sp³-hybridized carbons (Fsp3) is 0.0714. The van der Waals surface area contributed by atoms with Crippen LogP contribution in [0.25, 0.3) is 0 Å². The van der Waals surface area contributed by atoms with Crippen molar-refractivity contribution >= 4 is 33.4 Å². The summed E-state index contributed by atoms with van der Waals surface area (Å²) in [5.41, 5.74) is 1.92. The first-order chi connectivity index (χ1) is 16.6. The number of ether oxygens (including phenoxy) is 1. The van der Waals surface area contributed by atoms with E-state index in [1.165, 1.54) is 0 Å². The van der Waals surface area contributed by atoms with E-state index in [9.17, 15) is 9.59 Å². The van der Waals surface area contributed by atoms with Gasteiger partial charge in [-0.2, -0.15) is 0 Å². The van der Waals surface area contributed by atoms with Gasteiger partial charge in [-0.25, -0.2) is 0 Å². The van der Waals surface area contributed by atoms with Crippen molar-refractivity contribution in [3.05, 3.63) is 125 Å². The molecule has 0 spiro atoms. The molecule has 34 heavy (non-hydrogen) atoms. The van der Waals surface area contributed by atoms with Crippen LogP contribution in [0.15, 0.2) is 114 Å². The number of rotatable bonds is 8. The summed E-state index contributed by atoms with van der Waals surface area (Å²) >= 11 is 3.39. The zero-order valence-corrected chi connectivity index (χ0v) is 19.9. The second-order valence-corrected chi connectivity index (χ2v) is 8.54. The molecule has 0 aliphatic rings. The average Bonchev–Trinajstić information content (AvgIpc) is 2.86. The smallest absolute Gasteiger partial charge is 0.251 e. The normalized spacial score (nSPS) is 11.3. The topological polar surface area (TPSA) is 67.4 Å². The maximum absolute atomic E-state index is 13.4. The van der Waals surface area contributed by atoms with E-state index in [0.29, 0.717) is 29.2 Å². The van der Waals surface area contributed by atoms with Gasteiger partial charge in [0.05, 0.1) is 5.69 Å². The first-order valence-corrected chi connectivity index (χ1v) is 11.6. The van der Waals surface area contributed by atoms with E-state index in [4.69, 9.17) is 4.74 Å². The van der Waals surface area contributed by atoms with Crippen LogP contribution in [0.2, 0.25) is 0 Å². The molecule has 5 nitrogen and oxygen atoms in total. The van der Waals surface area contributed by atoms with Gasteiger partial charge >= 0.3 is 0 Å². The fourth-order valence-electron chi connectivity index (χ4n) is 3.42. The Balaban J connectivity index is 1.55. The van der Waals surface area contributed by atoms with Crippen LogP contribution in [0, 0.1) is 0 Å². The van der Waals surface area contributed by atoms with Gasteiger partial charge in [0.15, 0.2) is 5.75 Å². The third-order valence-corrected chi connectivity index (χ3v) is 5.60. The van der Waals surface area contributed by atoms with E-state index in [1.54, 1.807) is 30.3 Å². The number of hydrogen-bond donors (Lipinski definition) is 2. The van der Waals surface area contributed by atoms with Gasteiger partial charge in [-0.05, 0) is 48.0 Å². The molecule has 0 radical (unpaired) electrons. The van der Waals surface area contributed by atoms with Crippen molar-refractivity contribution in [1.29, 1.82) is 0 Å². The van der Waals surface area contributed by atoms with Crippen LogP contribution in [-0.4, -0.2) is 17.9 Å². The third kappa shape index (κ3) is 6.33. The van der Waals surface area contributed by atoms with E-state index in [1.807, 2.05) is 78.9 Å². The van der Waals surface area contributed by atoms with Gasteiger partial charge in [0, 0.05) is 16.5 Å². The molecule has 0 bridgehead atoms. The average molecular weight is 515 g/mol. The second kappa shape index (κ2) is 11.3. The first kappa shape index (κ1) is 23.3. The molecule has 0 aliphatic carbocycles. The summed E-state index contributed by atoms with van der Waals surface area (Å²) in [5, 5.41) is 5.82. The highest BCUT2D eigenvalue weighted by Gasteiger charge is 2.23. The number of anilines is 1. The first-order valence-electron chi connectivity index (χ1n) is 10.8. The van der Waals surface area contributed by atoms with E-state index in [2.05, 4.69) is 26.6 Å². The molecule has 0 aliphatic heterocycles. The van der Waals surface area contributed by atoms with Gasteiger partial charge in [-0.15, -0.1) is 0 Å². The number of carbonyl (C=O) groups is 2. The van der Waals surface area contributed by atoms with Crippen LogP contribution in [-0.2, 0) is 11.2 Å². The predicted molar refractivity (Wildman–Crippen MR) is 137 cm³/mol. The van der Waals surface area contributed by atoms with Crippen molar-refractivity contribution in [3.63, 3.8) is 0 Å². The lowest BCUT2D eigenvalue weighted by atomic mass is 10.0. The monoisotopic (exact) mass is 514 g/mol. The fourth-order valence-corrected chi connectivity index (χ4v) is 3.82. The molecule has 4 aromatic rings. The number of para-hydroxylation sites is 3. The molecule has 6 heteroatoms. The molecule has 1 atom stereocenters. The molecule has 4 aromatic carbocycles. The maximum Gasteiger partial charge on any atom is 0.251 e. The standard InChI is InChI=1S/C28H23BrN2O3/c29-22-13-9-12-21(19-22)27(32)31-25(18-20-10-3-1-4-11-20)28(33)30-24-16-7-8-17-26(24)34-23-14-5-2-6-15-23/h1-17,19,25H,18H2,(H,30,33)(H,31,32). The predicted octanol–water partition coefficient (Wildman–Crippen LogP) is 6.22. The van der Waals surface area contributed by atoms with Crippen molar-refractivity contribution in [2.75, 3.05) is 5.32 Å². The SMILES string of the molecule is O=C(NC(Cc1ccccc1)C(=O)Nc1ccccc1Oc1ccccc1)c1cccc(Br)c1. The number of halogens is 1. The van der Waals surface area contributed by atoms with Gasteiger partial charge in [0.25, 0.3) is 5.91 Å². The third-order valence-electron chi connectivity index (χ3n) is 5.11. The molecule has 2 amide bonds. The molecular formula is C28H23BrN2O3. The molecule has 0 aromatic heterocycles. The highest BCUT2D eigenvalue weighted by Crippen LogP contribution is 2.29. The molecular weight excluding hydrogens is 492 g/mol. The van der Waals surface area contributed by atoms with Crippen molar-refractivity contribution < 1.29 is 14.3 Å². The Morgan fingerprint density at radius 1 is 0.794 bits per heavy atom. The van der Waals surface area contributed by atoms with Gasteiger partial charge in [-0.3, -0.25) is 9.59 Å². The molecule has 4 rings (SSSR count). The van der Waals surface area contributed by atoms with Crippen molar-refractivity contribution in [2.45, 2.75) is 12.5 Å². The summed E-state index contributed by atoms with van der Waals surface area (Å²) in [6.07, 6.45) is 0.341. The summed E-state index contributed by atoms with van der Waals surface area (Å²) in [6.45, 7) is 0. The lowest BCUT2D eigenvalue weighted by Gasteiger charge is -2.20. The van der Waals surface area contributed by atoms with Crippen molar-refractivity contribution in [2.24, 2.45) is 0 Å². The van der Waals surface area contributed by atoms with Crippen LogP contribution in [0.5, 0.6) is 11.5 Å². The van der Waals surface area contributed by atoms with E-state index < -0.39 is 6.04 Å². The Morgan fingerprint density at radius 3 is 2.21 bits per heavy atom. The quantitative estimate of drug-likeness (QED) is 0.293. The highest BCUT2D eigenvalue weighted by atomic mass is 79.9. The number of carbonyl (C=O) groups excluding carboxylic acids is 2. The molecule has 170 valence electrons. The zero-order valence-electron chi connectivity index (χ0n) is 18.3. The number of hydrogen-bond acceptors (Lipinski definition) is 3. The summed E-state index contributed by atoms with van der Waals surface area (Å²) in [6, 6.07) is 32.4. The van der Waals surface area contributed by atoms with Gasteiger partial charge in [0.2, 0.25) is 5.91 Å². The molecule has 0 saturated heterocycles. The van der Waals surface area contributed by atoms with Crippen LogP contribution in [0.1, 0.15) is 15.9 Å². The minimum Gasteiger partial charge on any atom is -0.455 e. The van der Waals surface area contributed by atoms with Gasteiger partial charge in [0.1, 0.15) is 11.8 Å².